The van der Waals surface area contributed by atoms with Crippen molar-refractivity contribution in [2.75, 3.05) is 0 Å². The second-order valence-corrected chi connectivity index (χ2v) is 3.16. The van der Waals surface area contributed by atoms with E-state index in [-0.39, 0.29) is 5.78 Å². The highest BCUT2D eigenvalue weighted by Crippen LogP contribution is 2.19. The van der Waals surface area contributed by atoms with Gasteiger partial charge < -0.3 is 0 Å². The van der Waals surface area contributed by atoms with Gasteiger partial charge in [-0.2, -0.15) is 5.26 Å². The minimum Gasteiger partial charge on any atom is -0.298 e. The zero-order chi connectivity index (χ0) is 9.84. The molecule has 1 aromatic rings. The molecule has 66 valence electrons. The zero-order valence-electron chi connectivity index (χ0n) is 7.12. The highest BCUT2D eigenvalue weighted by molar-refractivity contribution is 6.30. The number of hydrogen-bond acceptors (Lipinski definition) is 2. The lowest BCUT2D eigenvalue weighted by Crippen LogP contribution is -2.05. The first-order valence-electron chi connectivity index (χ1n) is 3.80. The maximum absolute atomic E-state index is 11.0. The first-order chi connectivity index (χ1) is 6.15. The van der Waals surface area contributed by atoms with Gasteiger partial charge in [-0.3, -0.25) is 4.79 Å². The molecule has 0 saturated carbocycles. The summed E-state index contributed by atoms with van der Waals surface area (Å²) >= 11 is 5.73. The average Bonchev–Trinajstić information content (AvgIpc) is 2.04. The summed E-state index contributed by atoms with van der Waals surface area (Å²) < 4.78 is 0. The van der Waals surface area contributed by atoms with Gasteiger partial charge in [0.1, 0.15) is 5.92 Å². The van der Waals surface area contributed by atoms with Crippen molar-refractivity contribution in [1.82, 2.24) is 0 Å². The molecule has 0 saturated heterocycles. The summed E-state index contributed by atoms with van der Waals surface area (Å²) in [4.78, 5) is 11.0. The van der Waals surface area contributed by atoms with E-state index in [0.717, 1.165) is 0 Å². The highest BCUT2D eigenvalue weighted by Gasteiger charge is 2.15. The van der Waals surface area contributed by atoms with Gasteiger partial charge in [-0.15, -0.1) is 0 Å². The second kappa shape index (κ2) is 4.06. The number of halogens is 1. The number of Topliss-reactive ketones (excluding diaryl/α,β-unsaturated/α-hetero) is 1. The van der Waals surface area contributed by atoms with Crippen LogP contribution >= 0.6 is 11.6 Å². The third-order valence-electron chi connectivity index (χ3n) is 1.72. The van der Waals surface area contributed by atoms with Gasteiger partial charge in [0, 0.05) is 5.02 Å². The molecule has 13 heavy (non-hydrogen) atoms. The highest BCUT2D eigenvalue weighted by atomic mass is 35.5. The Kier molecular flexibility index (Phi) is 3.05. The van der Waals surface area contributed by atoms with Gasteiger partial charge in [0.05, 0.1) is 6.07 Å². The molecule has 0 spiro atoms. The predicted molar refractivity (Wildman–Crippen MR) is 50.5 cm³/mol. The minimum absolute atomic E-state index is 0.162. The summed E-state index contributed by atoms with van der Waals surface area (Å²) in [6.07, 6.45) is 0. The molecule has 0 unspecified atom stereocenters. The largest absolute Gasteiger partial charge is 0.298 e. The van der Waals surface area contributed by atoms with Crippen LogP contribution in [-0.2, 0) is 4.79 Å². The summed E-state index contributed by atoms with van der Waals surface area (Å²) in [6, 6.07) is 8.73. The zero-order valence-corrected chi connectivity index (χ0v) is 7.88. The van der Waals surface area contributed by atoms with E-state index in [2.05, 4.69) is 0 Å². The SMILES string of the molecule is CC(=O)[C@H](C#N)c1cccc(Cl)c1. The standard InChI is InChI=1S/C10H8ClNO/c1-7(13)10(6-12)8-3-2-4-9(11)5-8/h2-5,10H,1H3/t10-/m0/s1. The van der Waals surface area contributed by atoms with E-state index in [1.54, 1.807) is 24.3 Å². The van der Waals surface area contributed by atoms with E-state index < -0.39 is 5.92 Å². The topological polar surface area (TPSA) is 40.9 Å². The third kappa shape index (κ3) is 2.30. The molecule has 0 aliphatic carbocycles. The van der Waals surface area contributed by atoms with E-state index in [4.69, 9.17) is 16.9 Å². The lowest BCUT2D eigenvalue weighted by atomic mass is 9.97. The second-order valence-electron chi connectivity index (χ2n) is 2.73. The van der Waals surface area contributed by atoms with Crippen molar-refractivity contribution in [1.29, 1.82) is 5.26 Å². The molecule has 0 fully saturated rings. The molecule has 0 N–H and O–H groups in total. The number of ketones is 1. The Morgan fingerprint density at radius 2 is 2.31 bits per heavy atom. The van der Waals surface area contributed by atoms with Gasteiger partial charge in [-0.1, -0.05) is 23.7 Å². The fourth-order valence-electron chi connectivity index (χ4n) is 1.09. The van der Waals surface area contributed by atoms with E-state index in [9.17, 15) is 4.79 Å². The number of nitriles is 1. The lowest BCUT2D eigenvalue weighted by molar-refractivity contribution is -0.117. The number of benzene rings is 1. The van der Waals surface area contributed by atoms with Crippen LogP contribution in [0.3, 0.4) is 0 Å². The average molecular weight is 194 g/mol. The Morgan fingerprint density at radius 1 is 1.62 bits per heavy atom. The maximum Gasteiger partial charge on any atom is 0.151 e. The fraction of sp³-hybridized carbons (Fsp3) is 0.200. The molecule has 0 radical (unpaired) electrons. The van der Waals surface area contributed by atoms with Crippen LogP contribution < -0.4 is 0 Å². The van der Waals surface area contributed by atoms with Crippen LogP contribution in [0.15, 0.2) is 24.3 Å². The van der Waals surface area contributed by atoms with Crippen LogP contribution in [0.4, 0.5) is 0 Å². The summed E-state index contributed by atoms with van der Waals surface area (Å²) in [5.41, 5.74) is 0.655. The summed E-state index contributed by atoms with van der Waals surface area (Å²) in [5.74, 6) is -0.858. The van der Waals surface area contributed by atoms with Crippen molar-refractivity contribution in [2.24, 2.45) is 0 Å². The molecule has 0 aliphatic rings. The van der Waals surface area contributed by atoms with Crippen LogP contribution in [0.5, 0.6) is 0 Å². The molecule has 2 nitrogen and oxygen atoms in total. The Hall–Kier alpha value is -1.33. The maximum atomic E-state index is 11.0. The molecular formula is C10H8ClNO. The van der Waals surface area contributed by atoms with Gasteiger partial charge in [-0.05, 0) is 24.6 Å². The van der Waals surface area contributed by atoms with Crippen molar-refractivity contribution in [3.8, 4) is 6.07 Å². The van der Waals surface area contributed by atoms with Crippen molar-refractivity contribution < 1.29 is 4.79 Å². The first kappa shape index (κ1) is 9.76. The normalized spacial score (nSPS) is 11.8. The van der Waals surface area contributed by atoms with E-state index >= 15 is 0 Å². The van der Waals surface area contributed by atoms with Gasteiger partial charge >= 0.3 is 0 Å². The monoisotopic (exact) mass is 193 g/mol. The van der Waals surface area contributed by atoms with Crippen molar-refractivity contribution in [2.45, 2.75) is 12.8 Å². The summed E-state index contributed by atoms with van der Waals surface area (Å²) in [5, 5.41) is 9.27. The smallest absolute Gasteiger partial charge is 0.151 e. The number of carbonyl (C=O) groups is 1. The van der Waals surface area contributed by atoms with Crippen LogP contribution in [0.2, 0.25) is 5.02 Å². The van der Waals surface area contributed by atoms with Crippen molar-refractivity contribution >= 4 is 17.4 Å². The number of rotatable bonds is 2. The van der Waals surface area contributed by atoms with Crippen LogP contribution in [0, 0.1) is 11.3 Å². The molecule has 0 heterocycles. The van der Waals surface area contributed by atoms with E-state index in [1.807, 2.05) is 6.07 Å². The predicted octanol–water partition coefficient (Wildman–Crippen LogP) is 2.54. The summed E-state index contributed by atoms with van der Waals surface area (Å²) in [6.45, 7) is 1.40. The van der Waals surface area contributed by atoms with Crippen molar-refractivity contribution in [3.63, 3.8) is 0 Å². The molecule has 3 heteroatoms. The van der Waals surface area contributed by atoms with Gasteiger partial charge in [0.2, 0.25) is 0 Å². The molecule has 1 aromatic carbocycles. The molecule has 0 amide bonds. The van der Waals surface area contributed by atoms with Crippen molar-refractivity contribution in [3.05, 3.63) is 34.9 Å². The van der Waals surface area contributed by atoms with E-state index in [1.165, 1.54) is 6.92 Å². The Bertz CT molecular complexity index is 367. The molecule has 1 atom stereocenters. The fourth-order valence-corrected chi connectivity index (χ4v) is 1.29. The molecular weight excluding hydrogens is 186 g/mol. The minimum atomic E-state index is -0.696. The molecule has 0 aliphatic heterocycles. The summed E-state index contributed by atoms with van der Waals surface area (Å²) in [7, 11) is 0. The Morgan fingerprint density at radius 3 is 2.77 bits per heavy atom. The Balaban J connectivity index is 3.07. The van der Waals surface area contributed by atoms with Gasteiger partial charge in [0.25, 0.3) is 0 Å². The number of hydrogen-bond donors (Lipinski definition) is 0. The van der Waals surface area contributed by atoms with Crippen LogP contribution in [-0.4, -0.2) is 5.78 Å². The third-order valence-corrected chi connectivity index (χ3v) is 1.95. The van der Waals surface area contributed by atoms with E-state index in [0.29, 0.717) is 10.6 Å². The molecule has 0 aromatic heterocycles. The Labute approximate surface area is 81.7 Å². The molecule has 0 bridgehead atoms. The quantitative estimate of drug-likeness (QED) is 0.724. The number of carbonyl (C=O) groups excluding carboxylic acids is 1. The van der Waals surface area contributed by atoms with Gasteiger partial charge in [-0.25, -0.2) is 0 Å². The first-order valence-corrected chi connectivity index (χ1v) is 4.18. The van der Waals surface area contributed by atoms with Crippen LogP contribution in [0.1, 0.15) is 18.4 Å². The van der Waals surface area contributed by atoms with Gasteiger partial charge in [0.15, 0.2) is 5.78 Å². The number of nitrogens with zero attached hydrogens (tertiary/aromatic N) is 1. The molecule has 1 rings (SSSR count). The lowest BCUT2D eigenvalue weighted by Gasteiger charge is -2.04. The van der Waals surface area contributed by atoms with Crippen LogP contribution in [0.25, 0.3) is 0 Å².